The van der Waals surface area contributed by atoms with Gasteiger partial charge < -0.3 is 15.0 Å². The van der Waals surface area contributed by atoms with E-state index >= 15 is 0 Å². The minimum atomic E-state index is -0.558. The second kappa shape index (κ2) is 13.7. The van der Waals surface area contributed by atoms with Gasteiger partial charge in [-0.25, -0.2) is 0 Å². The SMILES string of the molecule is CCN(CC)c1ccc(/C=C2/SC(=O)N(CC(=O)Nc3cc(Cl)ccc3C)C2=O)c(OCc2ccc(Cl)cc2Cl)c1. The van der Waals surface area contributed by atoms with Crippen molar-refractivity contribution in [2.24, 2.45) is 0 Å². The van der Waals surface area contributed by atoms with E-state index < -0.39 is 23.6 Å². The lowest BCUT2D eigenvalue weighted by Gasteiger charge is -2.22. The molecular formula is C30H28Cl3N3O4S. The summed E-state index contributed by atoms with van der Waals surface area (Å²) in [6.07, 6.45) is 1.61. The predicted molar refractivity (Wildman–Crippen MR) is 168 cm³/mol. The first-order chi connectivity index (χ1) is 19.6. The van der Waals surface area contributed by atoms with E-state index in [1.165, 1.54) is 0 Å². The van der Waals surface area contributed by atoms with Gasteiger partial charge in [-0.1, -0.05) is 46.9 Å². The van der Waals surface area contributed by atoms with Crippen LogP contribution in [0, 0.1) is 6.92 Å². The zero-order chi connectivity index (χ0) is 29.7. The van der Waals surface area contributed by atoms with Gasteiger partial charge in [0.25, 0.3) is 11.1 Å². The Bertz CT molecular complexity index is 1520. The van der Waals surface area contributed by atoms with Crippen molar-refractivity contribution in [3.63, 3.8) is 0 Å². The molecule has 0 bridgehead atoms. The van der Waals surface area contributed by atoms with Crippen LogP contribution in [-0.2, 0) is 16.2 Å². The highest BCUT2D eigenvalue weighted by atomic mass is 35.5. The Morgan fingerprint density at radius 3 is 2.41 bits per heavy atom. The number of hydrogen-bond donors (Lipinski definition) is 1. The minimum absolute atomic E-state index is 0.170. The molecule has 3 aromatic rings. The summed E-state index contributed by atoms with van der Waals surface area (Å²) in [7, 11) is 0. The molecule has 41 heavy (non-hydrogen) atoms. The van der Waals surface area contributed by atoms with E-state index in [0.717, 1.165) is 46.6 Å². The molecule has 3 aromatic carbocycles. The molecule has 0 aromatic heterocycles. The molecular weight excluding hydrogens is 605 g/mol. The lowest BCUT2D eigenvalue weighted by atomic mass is 10.1. The molecule has 1 N–H and O–H groups in total. The third kappa shape index (κ3) is 7.57. The van der Waals surface area contributed by atoms with E-state index in [4.69, 9.17) is 39.5 Å². The smallest absolute Gasteiger partial charge is 0.294 e. The Morgan fingerprint density at radius 2 is 1.71 bits per heavy atom. The van der Waals surface area contributed by atoms with Crippen LogP contribution < -0.4 is 15.0 Å². The summed E-state index contributed by atoms with van der Waals surface area (Å²) in [5.41, 5.74) is 3.62. The topological polar surface area (TPSA) is 79.0 Å². The number of ether oxygens (including phenoxy) is 1. The highest BCUT2D eigenvalue weighted by Gasteiger charge is 2.36. The standard InChI is InChI=1S/C30H28Cl3N3O4S/c1-4-35(5-2)23-11-8-19(26(15-23)40-17-20-7-10-21(31)13-24(20)33)12-27-29(38)36(30(39)41-27)16-28(37)34-25-14-22(32)9-6-18(25)3/h6-15H,4-5,16-17H2,1-3H3,(H,34,37)/b27-12+. The fourth-order valence-electron chi connectivity index (χ4n) is 4.19. The maximum absolute atomic E-state index is 13.2. The van der Waals surface area contributed by atoms with Gasteiger partial charge in [-0.05, 0) is 80.6 Å². The minimum Gasteiger partial charge on any atom is -0.488 e. The molecule has 1 aliphatic rings. The average molecular weight is 633 g/mol. The number of nitrogens with one attached hydrogen (secondary N) is 1. The van der Waals surface area contributed by atoms with E-state index in [9.17, 15) is 14.4 Å². The largest absolute Gasteiger partial charge is 0.488 e. The van der Waals surface area contributed by atoms with E-state index in [0.29, 0.717) is 32.1 Å². The zero-order valence-electron chi connectivity index (χ0n) is 22.7. The van der Waals surface area contributed by atoms with Crippen LogP contribution in [-0.4, -0.2) is 41.6 Å². The lowest BCUT2D eigenvalue weighted by Crippen LogP contribution is -2.36. The summed E-state index contributed by atoms with van der Waals surface area (Å²) in [6, 6.07) is 15.9. The summed E-state index contributed by atoms with van der Waals surface area (Å²) in [5.74, 6) is -0.551. The van der Waals surface area contributed by atoms with Crippen LogP contribution in [0.4, 0.5) is 16.2 Å². The molecule has 0 spiro atoms. The van der Waals surface area contributed by atoms with Crippen molar-refractivity contribution in [1.82, 2.24) is 4.90 Å². The Labute approximate surface area is 258 Å². The van der Waals surface area contributed by atoms with Crippen LogP contribution in [0.2, 0.25) is 15.1 Å². The fourth-order valence-corrected chi connectivity index (χ4v) is 5.65. The Kier molecular flexibility index (Phi) is 10.3. The molecule has 0 unspecified atom stereocenters. The molecule has 11 heteroatoms. The second-order valence-electron chi connectivity index (χ2n) is 9.19. The van der Waals surface area contributed by atoms with Crippen molar-refractivity contribution in [2.45, 2.75) is 27.4 Å². The van der Waals surface area contributed by atoms with Crippen molar-refractivity contribution < 1.29 is 19.1 Å². The molecule has 1 fully saturated rings. The number of carbonyl (C=O) groups is 3. The summed E-state index contributed by atoms with van der Waals surface area (Å²) in [4.78, 5) is 41.9. The number of hydrogen-bond acceptors (Lipinski definition) is 6. The first kappa shape index (κ1) is 30.8. The third-order valence-corrected chi connectivity index (χ3v) is 8.19. The summed E-state index contributed by atoms with van der Waals surface area (Å²) in [6.45, 7) is 7.29. The number of thioether (sulfide) groups is 1. The van der Waals surface area contributed by atoms with Crippen LogP contribution >= 0.6 is 46.6 Å². The van der Waals surface area contributed by atoms with Gasteiger partial charge in [0.15, 0.2) is 0 Å². The van der Waals surface area contributed by atoms with Gasteiger partial charge in [-0.2, -0.15) is 0 Å². The third-order valence-electron chi connectivity index (χ3n) is 6.46. The maximum Gasteiger partial charge on any atom is 0.294 e. The van der Waals surface area contributed by atoms with Crippen molar-refractivity contribution in [3.05, 3.63) is 91.3 Å². The van der Waals surface area contributed by atoms with E-state index in [1.54, 1.807) is 42.5 Å². The Morgan fingerprint density at radius 1 is 1.00 bits per heavy atom. The van der Waals surface area contributed by atoms with Crippen molar-refractivity contribution in [2.75, 3.05) is 29.9 Å². The number of imide groups is 1. The Hall–Kier alpha value is -3.17. The van der Waals surface area contributed by atoms with Crippen molar-refractivity contribution in [3.8, 4) is 5.75 Å². The monoisotopic (exact) mass is 631 g/mol. The van der Waals surface area contributed by atoms with Gasteiger partial charge in [0.1, 0.15) is 18.9 Å². The lowest BCUT2D eigenvalue weighted by molar-refractivity contribution is -0.127. The summed E-state index contributed by atoms with van der Waals surface area (Å²) in [5, 5.41) is 3.65. The van der Waals surface area contributed by atoms with E-state index in [2.05, 4.69) is 24.1 Å². The van der Waals surface area contributed by atoms with Crippen molar-refractivity contribution >= 4 is 81.1 Å². The van der Waals surface area contributed by atoms with Crippen LogP contribution in [0.25, 0.3) is 6.08 Å². The van der Waals surface area contributed by atoms with Crippen LogP contribution in [0.15, 0.2) is 59.5 Å². The maximum atomic E-state index is 13.2. The second-order valence-corrected chi connectivity index (χ2v) is 11.5. The van der Waals surface area contributed by atoms with Gasteiger partial charge in [0.2, 0.25) is 5.91 Å². The first-order valence-corrected chi connectivity index (χ1v) is 14.8. The predicted octanol–water partition coefficient (Wildman–Crippen LogP) is 8.06. The molecule has 1 heterocycles. The molecule has 0 saturated carbocycles. The fraction of sp³-hybridized carbons (Fsp3) is 0.233. The van der Waals surface area contributed by atoms with Crippen molar-refractivity contribution in [1.29, 1.82) is 0 Å². The first-order valence-electron chi connectivity index (χ1n) is 12.9. The molecule has 0 atom stereocenters. The number of halogens is 3. The number of benzene rings is 3. The normalized spacial score (nSPS) is 14.1. The van der Waals surface area contributed by atoms with E-state index in [-0.39, 0.29) is 11.5 Å². The van der Waals surface area contributed by atoms with Gasteiger partial charge in [-0.15, -0.1) is 0 Å². The van der Waals surface area contributed by atoms with Crippen LogP contribution in [0.1, 0.15) is 30.5 Å². The van der Waals surface area contributed by atoms with Gasteiger partial charge in [-0.3, -0.25) is 19.3 Å². The van der Waals surface area contributed by atoms with Gasteiger partial charge in [0, 0.05) is 56.7 Å². The molecule has 1 saturated heterocycles. The average Bonchev–Trinajstić information content (AvgIpc) is 3.19. The highest BCUT2D eigenvalue weighted by molar-refractivity contribution is 8.18. The molecule has 0 aliphatic carbocycles. The zero-order valence-corrected chi connectivity index (χ0v) is 25.8. The quantitative estimate of drug-likeness (QED) is 0.228. The number of carbonyl (C=O) groups excluding carboxylic acids is 3. The molecule has 0 radical (unpaired) electrons. The number of anilines is 2. The molecule has 1 aliphatic heterocycles. The van der Waals surface area contributed by atoms with Gasteiger partial charge in [0.05, 0.1) is 4.91 Å². The number of nitrogens with zero attached hydrogens (tertiary/aromatic N) is 2. The summed E-state index contributed by atoms with van der Waals surface area (Å²) >= 11 is 19.2. The molecule has 3 amide bonds. The van der Waals surface area contributed by atoms with E-state index in [1.807, 2.05) is 25.1 Å². The highest BCUT2D eigenvalue weighted by Crippen LogP contribution is 2.36. The van der Waals surface area contributed by atoms with Gasteiger partial charge >= 0.3 is 0 Å². The molecule has 7 nitrogen and oxygen atoms in total. The molecule has 4 rings (SSSR count). The van der Waals surface area contributed by atoms with Crippen LogP contribution in [0.3, 0.4) is 0 Å². The Balaban J connectivity index is 1.56. The number of rotatable bonds is 10. The van der Waals surface area contributed by atoms with Crippen LogP contribution in [0.5, 0.6) is 5.75 Å². The summed E-state index contributed by atoms with van der Waals surface area (Å²) < 4.78 is 6.18. The number of amides is 3. The molecule has 214 valence electrons. The number of aryl methyl sites for hydroxylation is 1.